The Bertz CT molecular complexity index is 1100. The smallest absolute Gasteiger partial charge is 0.352 e. The topological polar surface area (TPSA) is 61.4 Å². The standard InChI is InChI=1S/C30H40F3N3O2S/c1-19(2)36(28-35-27(38)24-17-29(3,4)16-15-25(24)39-28)23-12-7-20(8-13-23)9-14-26(37)34-18-21-5-10-22(11-6-21)30(31,32)33/h5-7,10-13,19-20,24-25,28H,8-9,14-18H2,1-4H3,(H,34,37)(H,35,38). The predicted molar refractivity (Wildman–Crippen MR) is 149 cm³/mol. The van der Waals surface area contributed by atoms with Gasteiger partial charge in [-0.2, -0.15) is 13.2 Å². The number of carbonyl (C=O) groups is 2. The van der Waals surface area contributed by atoms with Crippen LogP contribution in [0.5, 0.6) is 0 Å². The molecule has 4 atom stereocenters. The maximum Gasteiger partial charge on any atom is 0.416 e. The molecule has 39 heavy (non-hydrogen) atoms. The van der Waals surface area contributed by atoms with Gasteiger partial charge in [-0.1, -0.05) is 38.1 Å². The molecule has 1 saturated carbocycles. The van der Waals surface area contributed by atoms with Gasteiger partial charge in [0.2, 0.25) is 11.8 Å². The van der Waals surface area contributed by atoms with E-state index < -0.39 is 11.7 Å². The fourth-order valence-electron chi connectivity index (χ4n) is 5.73. The number of hydrogen-bond donors (Lipinski definition) is 2. The lowest BCUT2D eigenvalue weighted by Gasteiger charge is -2.48. The average molecular weight is 564 g/mol. The SMILES string of the molecule is CC(C)N(C1=CCC(CCC(=O)NCc2ccc(C(F)(F)F)cc2)C=C1)C1NC(=O)C2CC(C)(C)CCC2S1. The number of rotatable bonds is 8. The number of halogens is 3. The molecule has 4 rings (SSSR count). The summed E-state index contributed by atoms with van der Waals surface area (Å²) in [6.45, 7) is 9.00. The lowest BCUT2D eigenvalue weighted by molar-refractivity contribution is -0.137. The van der Waals surface area contributed by atoms with Gasteiger partial charge in [0.15, 0.2) is 5.50 Å². The van der Waals surface area contributed by atoms with E-state index in [0.29, 0.717) is 23.7 Å². The molecule has 1 aromatic rings. The van der Waals surface area contributed by atoms with Gasteiger partial charge in [-0.25, -0.2) is 0 Å². The molecule has 0 radical (unpaired) electrons. The minimum atomic E-state index is -4.37. The van der Waals surface area contributed by atoms with Gasteiger partial charge in [0.25, 0.3) is 0 Å². The van der Waals surface area contributed by atoms with Crippen molar-refractivity contribution in [3.8, 4) is 0 Å². The van der Waals surface area contributed by atoms with Crippen LogP contribution in [0.1, 0.15) is 77.3 Å². The average Bonchev–Trinajstić information content (AvgIpc) is 2.87. The summed E-state index contributed by atoms with van der Waals surface area (Å²) in [6, 6.07) is 5.06. The number of allylic oxidation sites excluding steroid dienone is 3. The van der Waals surface area contributed by atoms with Gasteiger partial charge in [0.1, 0.15) is 0 Å². The number of hydrogen-bond acceptors (Lipinski definition) is 4. The Morgan fingerprint density at radius 3 is 2.56 bits per heavy atom. The zero-order chi connectivity index (χ0) is 28.4. The van der Waals surface area contributed by atoms with E-state index >= 15 is 0 Å². The summed E-state index contributed by atoms with van der Waals surface area (Å²) < 4.78 is 38.1. The van der Waals surface area contributed by atoms with Gasteiger partial charge in [-0.15, -0.1) is 11.8 Å². The van der Waals surface area contributed by atoms with Crippen molar-refractivity contribution in [3.63, 3.8) is 0 Å². The Balaban J connectivity index is 1.26. The summed E-state index contributed by atoms with van der Waals surface area (Å²) in [7, 11) is 0. The molecule has 214 valence electrons. The molecule has 9 heteroatoms. The normalized spacial score (nSPS) is 26.5. The number of thioether (sulfide) groups is 1. The van der Waals surface area contributed by atoms with E-state index in [4.69, 9.17) is 0 Å². The first kappa shape index (κ1) is 29.6. The Morgan fingerprint density at radius 2 is 1.95 bits per heavy atom. The summed E-state index contributed by atoms with van der Waals surface area (Å²) in [5.41, 5.74) is 1.15. The highest BCUT2D eigenvalue weighted by Gasteiger charge is 2.45. The highest BCUT2D eigenvalue weighted by Crippen LogP contribution is 2.47. The van der Waals surface area contributed by atoms with Crippen molar-refractivity contribution in [3.05, 3.63) is 59.3 Å². The van der Waals surface area contributed by atoms with Crippen molar-refractivity contribution in [2.75, 3.05) is 0 Å². The number of carbonyl (C=O) groups excluding carboxylic acids is 2. The number of fused-ring (bicyclic) bond motifs is 1. The largest absolute Gasteiger partial charge is 0.416 e. The number of nitrogens with one attached hydrogen (secondary N) is 2. The van der Waals surface area contributed by atoms with Gasteiger partial charge in [-0.05, 0) is 81.1 Å². The molecule has 0 spiro atoms. The van der Waals surface area contributed by atoms with Gasteiger partial charge >= 0.3 is 6.18 Å². The fourth-order valence-corrected chi connectivity index (χ4v) is 7.41. The second-order valence-electron chi connectivity index (χ2n) is 12.0. The number of amides is 2. The first-order valence-electron chi connectivity index (χ1n) is 13.9. The van der Waals surface area contributed by atoms with Gasteiger partial charge in [0.05, 0.1) is 11.5 Å². The number of nitrogens with zero attached hydrogens (tertiary/aromatic N) is 1. The van der Waals surface area contributed by atoms with Crippen LogP contribution in [0.4, 0.5) is 13.2 Å². The van der Waals surface area contributed by atoms with Crippen LogP contribution in [-0.4, -0.2) is 33.5 Å². The molecular formula is C30H40F3N3O2S. The van der Waals surface area contributed by atoms with E-state index in [9.17, 15) is 22.8 Å². The minimum absolute atomic E-state index is 0.0784. The van der Waals surface area contributed by atoms with E-state index in [1.165, 1.54) is 12.1 Å². The molecule has 2 N–H and O–H groups in total. The third kappa shape index (κ3) is 7.62. The molecule has 0 aromatic heterocycles. The van der Waals surface area contributed by atoms with E-state index in [0.717, 1.165) is 43.5 Å². The van der Waals surface area contributed by atoms with Gasteiger partial charge < -0.3 is 15.5 Å². The lowest BCUT2D eigenvalue weighted by Crippen LogP contribution is -2.57. The van der Waals surface area contributed by atoms with Crippen LogP contribution in [0.15, 0.2) is 48.2 Å². The van der Waals surface area contributed by atoms with Crippen LogP contribution in [-0.2, 0) is 22.3 Å². The molecule has 2 fully saturated rings. The van der Waals surface area contributed by atoms with E-state index in [2.05, 4.69) is 61.5 Å². The lowest BCUT2D eigenvalue weighted by atomic mass is 9.71. The molecule has 1 saturated heterocycles. The Kier molecular flexibility index (Phi) is 9.08. The molecule has 2 amide bonds. The number of benzene rings is 1. The molecule has 0 bridgehead atoms. The Labute approximate surface area is 234 Å². The van der Waals surface area contributed by atoms with Crippen LogP contribution in [0.2, 0.25) is 0 Å². The molecule has 2 aliphatic carbocycles. The highest BCUT2D eigenvalue weighted by atomic mass is 32.2. The molecule has 1 aromatic carbocycles. The monoisotopic (exact) mass is 563 g/mol. The van der Waals surface area contributed by atoms with E-state index in [1.54, 1.807) is 0 Å². The zero-order valence-electron chi connectivity index (χ0n) is 23.2. The highest BCUT2D eigenvalue weighted by molar-refractivity contribution is 8.00. The molecular weight excluding hydrogens is 523 g/mol. The van der Waals surface area contributed by atoms with Gasteiger partial charge in [0, 0.05) is 30.0 Å². The van der Waals surface area contributed by atoms with Crippen molar-refractivity contribution < 1.29 is 22.8 Å². The molecule has 1 aliphatic heterocycles. The maximum absolute atomic E-state index is 13.1. The van der Waals surface area contributed by atoms with Crippen molar-refractivity contribution in [2.24, 2.45) is 17.3 Å². The molecule has 3 aliphatic rings. The quantitative estimate of drug-likeness (QED) is 0.374. The summed E-state index contributed by atoms with van der Waals surface area (Å²) in [4.78, 5) is 27.7. The number of alkyl halides is 3. The maximum atomic E-state index is 13.1. The second kappa shape index (κ2) is 12.0. The van der Waals surface area contributed by atoms with Crippen LogP contribution in [0.3, 0.4) is 0 Å². The summed E-state index contributed by atoms with van der Waals surface area (Å²) >= 11 is 1.88. The summed E-state index contributed by atoms with van der Waals surface area (Å²) in [5.74, 6) is 0.365. The summed E-state index contributed by atoms with van der Waals surface area (Å²) in [5, 5.41) is 6.44. The third-order valence-electron chi connectivity index (χ3n) is 8.02. The van der Waals surface area contributed by atoms with Crippen LogP contribution in [0.25, 0.3) is 0 Å². The zero-order valence-corrected chi connectivity index (χ0v) is 24.0. The third-order valence-corrected chi connectivity index (χ3v) is 9.54. The molecule has 1 heterocycles. The molecule has 4 unspecified atom stereocenters. The van der Waals surface area contributed by atoms with Crippen molar-refractivity contribution in [1.29, 1.82) is 0 Å². The molecule has 5 nitrogen and oxygen atoms in total. The first-order valence-corrected chi connectivity index (χ1v) is 14.8. The predicted octanol–water partition coefficient (Wildman–Crippen LogP) is 6.61. The fraction of sp³-hybridized carbons (Fsp3) is 0.600. The van der Waals surface area contributed by atoms with E-state index in [1.807, 2.05) is 11.8 Å². The van der Waals surface area contributed by atoms with Crippen LogP contribution >= 0.6 is 11.8 Å². The van der Waals surface area contributed by atoms with E-state index in [-0.39, 0.29) is 47.1 Å². The minimum Gasteiger partial charge on any atom is -0.352 e. The second-order valence-corrected chi connectivity index (χ2v) is 13.4. The summed E-state index contributed by atoms with van der Waals surface area (Å²) in [6.07, 6.45) is 7.09. The van der Waals surface area contributed by atoms with Crippen LogP contribution < -0.4 is 10.6 Å². The van der Waals surface area contributed by atoms with Gasteiger partial charge in [-0.3, -0.25) is 9.59 Å². The first-order chi connectivity index (χ1) is 18.3. The Hall–Kier alpha value is -2.42. The Morgan fingerprint density at radius 1 is 1.23 bits per heavy atom. The van der Waals surface area contributed by atoms with Crippen molar-refractivity contribution >= 4 is 23.6 Å². The van der Waals surface area contributed by atoms with Crippen molar-refractivity contribution in [1.82, 2.24) is 15.5 Å². The van der Waals surface area contributed by atoms with Crippen molar-refractivity contribution in [2.45, 2.75) is 95.7 Å². The van der Waals surface area contributed by atoms with Crippen LogP contribution in [0, 0.1) is 17.3 Å².